The number of anilines is 1. The SMILES string of the molecule is CCNC(=NCc1ccnc(N2CCCC2)c1)NCC(C)Sc1ccccc1. The number of hydrogen-bond donors (Lipinski definition) is 2. The van der Waals surface area contributed by atoms with Gasteiger partial charge in [0.15, 0.2) is 5.96 Å². The zero-order valence-corrected chi connectivity index (χ0v) is 17.7. The van der Waals surface area contributed by atoms with Crippen molar-refractivity contribution in [2.24, 2.45) is 4.99 Å². The molecule has 150 valence electrons. The summed E-state index contributed by atoms with van der Waals surface area (Å²) >= 11 is 1.88. The second-order valence-corrected chi connectivity index (χ2v) is 8.55. The fourth-order valence-corrected chi connectivity index (χ4v) is 4.15. The lowest BCUT2D eigenvalue weighted by atomic mass is 10.2. The Hall–Kier alpha value is -2.21. The maximum Gasteiger partial charge on any atom is 0.191 e. The van der Waals surface area contributed by atoms with Crippen LogP contribution in [0.25, 0.3) is 0 Å². The number of pyridine rings is 1. The van der Waals surface area contributed by atoms with Crippen LogP contribution in [0, 0.1) is 0 Å². The molecule has 1 atom stereocenters. The largest absolute Gasteiger partial charge is 0.357 e. The molecule has 0 radical (unpaired) electrons. The number of guanidine groups is 1. The van der Waals surface area contributed by atoms with Crippen molar-refractivity contribution in [2.75, 3.05) is 31.1 Å². The van der Waals surface area contributed by atoms with Crippen molar-refractivity contribution in [3.63, 3.8) is 0 Å². The highest BCUT2D eigenvalue weighted by Gasteiger charge is 2.13. The highest BCUT2D eigenvalue weighted by atomic mass is 32.2. The summed E-state index contributed by atoms with van der Waals surface area (Å²) in [5.41, 5.74) is 1.20. The molecule has 0 spiro atoms. The van der Waals surface area contributed by atoms with Crippen LogP contribution in [0.2, 0.25) is 0 Å². The molecule has 1 aromatic heterocycles. The Morgan fingerprint density at radius 1 is 1.18 bits per heavy atom. The van der Waals surface area contributed by atoms with Crippen LogP contribution in [-0.4, -0.2) is 42.4 Å². The van der Waals surface area contributed by atoms with E-state index in [0.29, 0.717) is 11.8 Å². The smallest absolute Gasteiger partial charge is 0.191 e. The number of rotatable bonds is 8. The van der Waals surface area contributed by atoms with Gasteiger partial charge in [0, 0.05) is 42.5 Å². The van der Waals surface area contributed by atoms with Crippen LogP contribution in [0.5, 0.6) is 0 Å². The molecule has 3 rings (SSSR count). The van der Waals surface area contributed by atoms with E-state index in [1.807, 2.05) is 18.0 Å². The van der Waals surface area contributed by atoms with Crippen LogP contribution in [0.4, 0.5) is 5.82 Å². The molecule has 1 fully saturated rings. The van der Waals surface area contributed by atoms with Crippen molar-refractivity contribution >= 4 is 23.5 Å². The van der Waals surface area contributed by atoms with E-state index < -0.39 is 0 Å². The van der Waals surface area contributed by atoms with Gasteiger partial charge in [0.05, 0.1) is 6.54 Å². The van der Waals surface area contributed by atoms with Crippen LogP contribution in [0.3, 0.4) is 0 Å². The number of thioether (sulfide) groups is 1. The van der Waals surface area contributed by atoms with E-state index >= 15 is 0 Å². The van der Waals surface area contributed by atoms with Crippen molar-refractivity contribution < 1.29 is 0 Å². The minimum Gasteiger partial charge on any atom is -0.357 e. The zero-order chi connectivity index (χ0) is 19.6. The maximum atomic E-state index is 4.77. The van der Waals surface area contributed by atoms with Crippen molar-refractivity contribution in [1.29, 1.82) is 0 Å². The second kappa shape index (κ2) is 11.0. The van der Waals surface area contributed by atoms with E-state index in [1.54, 1.807) is 0 Å². The number of nitrogens with one attached hydrogen (secondary N) is 2. The molecule has 0 aliphatic carbocycles. The summed E-state index contributed by atoms with van der Waals surface area (Å²) < 4.78 is 0. The predicted molar refractivity (Wildman–Crippen MR) is 120 cm³/mol. The van der Waals surface area contributed by atoms with Crippen molar-refractivity contribution in [1.82, 2.24) is 15.6 Å². The molecule has 1 unspecified atom stereocenters. The van der Waals surface area contributed by atoms with Gasteiger partial charge in [-0.05, 0) is 49.6 Å². The number of aliphatic imine (C=N–C) groups is 1. The van der Waals surface area contributed by atoms with Gasteiger partial charge in [-0.25, -0.2) is 9.98 Å². The monoisotopic (exact) mass is 397 g/mol. The third-order valence-corrected chi connectivity index (χ3v) is 5.75. The number of hydrogen-bond acceptors (Lipinski definition) is 4. The molecule has 6 heteroatoms. The fraction of sp³-hybridized carbons (Fsp3) is 0.455. The van der Waals surface area contributed by atoms with Crippen LogP contribution in [0.1, 0.15) is 32.3 Å². The Morgan fingerprint density at radius 3 is 2.71 bits per heavy atom. The zero-order valence-electron chi connectivity index (χ0n) is 16.9. The van der Waals surface area contributed by atoms with Crippen LogP contribution >= 0.6 is 11.8 Å². The summed E-state index contributed by atoms with van der Waals surface area (Å²) in [5.74, 6) is 1.94. The topological polar surface area (TPSA) is 52.6 Å². The normalized spacial score (nSPS) is 15.5. The minimum atomic E-state index is 0.453. The van der Waals surface area contributed by atoms with Crippen LogP contribution < -0.4 is 15.5 Å². The average Bonchev–Trinajstić information content (AvgIpc) is 3.26. The second-order valence-electron chi connectivity index (χ2n) is 7.03. The standard InChI is InChI=1S/C22H31N5S/c1-3-23-22(25-16-18(2)28-20-9-5-4-6-10-20)26-17-19-11-12-24-21(15-19)27-13-7-8-14-27/h4-6,9-12,15,18H,3,7-8,13-14,16-17H2,1-2H3,(H2,23,25,26). The lowest BCUT2D eigenvalue weighted by Gasteiger charge is -2.17. The van der Waals surface area contributed by atoms with Gasteiger partial charge in [-0.1, -0.05) is 25.1 Å². The Kier molecular flexibility index (Phi) is 8.03. The maximum absolute atomic E-state index is 4.77. The predicted octanol–water partition coefficient (Wildman–Crippen LogP) is 3.92. The van der Waals surface area contributed by atoms with Gasteiger partial charge < -0.3 is 15.5 Å². The first kappa shape index (κ1) is 20.5. The first-order valence-corrected chi connectivity index (χ1v) is 11.1. The van der Waals surface area contributed by atoms with Gasteiger partial charge in [-0.3, -0.25) is 0 Å². The summed E-state index contributed by atoms with van der Waals surface area (Å²) in [6.07, 6.45) is 4.42. The lowest BCUT2D eigenvalue weighted by Crippen LogP contribution is -2.40. The molecule has 1 aliphatic rings. The van der Waals surface area contributed by atoms with Gasteiger partial charge in [0.1, 0.15) is 5.82 Å². The Labute approximate surface area is 173 Å². The third-order valence-electron chi connectivity index (χ3n) is 4.64. The number of nitrogens with zero attached hydrogens (tertiary/aromatic N) is 3. The molecule has 2 N–H and O–H groups in total. The van der Waals surface area contributed by atoms with Gasteiger partial charge in [0.25, 0.3) is 0 Å². The quantitative estimate of drug-likeness (QED) is 0.402. The van der Waals surface area contributed by atoms with Crippen molar-refractivity contribution in [2.45, 2.75) is 43.4 Å². The highest BCUT2D eigenvalue weighted by Crippen LogP contribution is 2.22. The summed E-state index contributed by atoms with van der Waals surface area (Å²) in [5, 5.41) is 7.27. The third kappa shape index (κ3) is 6.44. The van der Waals surface area contributed by atoms with Crippen molar-refractivity contribution in [3.8, 4) is 0 Å². The molecular formula is C22H31N5S. The number of benzene rings is 1. The van der Waals surface area contributed by atoms with E-state index in [0.717, 1.165) is 38.0 Å². The van der Waals surface area contributed by atoms with E-state index in [-0.39, 0.29) is 0 Å². The molecule has 0 amide bonds. The Bertz CT molecular complexity index is 744. The summed E-state index contributed by atoms with van der Waals surface area (Å²) in [4.78, 5) is 13.0. The van der Waals surface area contributed by atoms with E-state index in [9.17, 15) is 0 Å². The first-order valence-electron chi connectivity index (χ1n) is 10.2. The van der Waals surface area contributed by atoms with E-state index in [4.69, 9.17) is 4.99 Å². The molecule has 1 aliphatic heterocycles. The van der Waals surface area contributed by atoms with E-state index in [2.05, 4.69) is 76.8 Å². The van der Waals surface area contributed by atoms with E-state index in [1.165, 1.54) is 23.3 Å². The summed E-state index contributed by atoms with van der Waals surface area (Å²) in [6, 6.07) is 14.8. The van der Waals surface area contributed by atoms with Gasteiger partial charge in [-0.2, -0.15) is 0 Å². The van der Waals surface area contributed by atoms with Crippen molar-refractivity contribution in [3.05, 3.63) is 54.2 Å². The van der Waals surface area contributed by atoms with Crippen LogP contribution in [0.15, 0.2) is 58.5 Å². The average molecular weight is 398 g/mol. The van der Waals surface area contributed by atoms with Gasteiger partial charge in [0.2, 0.25) is 0 Å². The Balaban J connectivity index is 1.54. The lowest BCUT2D eigenvalue weighted by molar-refractivity contribution is 0.794. The first-order chi connectivity index (χ1) is 13.7. The molecule has 0 saturated carbocycles. The molecule has 0 bridgehead atoms. The fourth-order valence-electron chi connectivity index (χ4n) is 3.20. The van der Waals surface area contributed by atoms with Crippen LogP contribution in [-0.2, 0) is 6.54 Å². The highest BCUT2D eigenvalue weighted by molar-refractivity contribution is 8.00. The molecule has 1 saturated heterocycles. The molecule has 2 aromatic rings. The minimum absolute atomic E-state index is 0.453. The number of aromatic nitrogens is 1. The van der Waals surface area contributed by atoms with Gasteiger partial charge >= 0.3 is 0 Å². The van der Waals surface area contributed by atoms with Gasteiger partial charge in [-0.15, -0.1) is 11.8 Å². The molecule has 5 nitrogen and oxygen atoms in total. The molecular weight excluding hydrogens is 366 g/mol. The summed E-state index contributed by atoms with van der Waals surface area (Å²) in [6.45, 7) is 8.92. The Morgan fingerprint density at radius 2 is 1.96 bits per heavy atom. The molecule has 2 heterocycles. The molecule has 28 heavy (non-hydrogen) atoms. The molecule has 1 aromatic carbocycles. The summed E-state index contributed by atoms with van der Waals surface area (Å²) in [7, 11) is 0.